The third-order valence-corrected chi connectivity index (χ3v) is 4.31. The summed E-state index contributed by atoms with van der Waals surface area (Å²) in [5, 5.41) is 2.63. The van der Waals surface area contributed by atoms with Crippen LogP contribution in [-0.2, 0) is 11.8 Å². The van der Waals surface area contributed by atoms with E-state index in [9.17, 15) is 0 Å². The minimum Gasteiger partial charge on any atom is -0.469 e. The Labute approximate surface area is 176 Å². The number of hydrogen-bond acceptors (Lipinski definition) is 4. The quantitative estimate of drug-likeness (QED) is 0.536. The fourth-order valence-corrected chi connectivity index (χ4v) is 2.39. The summed E-state index contributed by atoms with van der Waals surface area (Å²) in [7, 11) is 0. The number of hydrogen-bond donors (Lipinski definition) is 1. The van der Waals surface area contributed by atoms with Crippen LogP contribution in [0, 0.1) is 0 Å². The van der Waals surface area contributed by atoms with Crippen LogP contribution in [0.5, 0.6) is 0 Å². The van der Waals surface area contributed by atoms with Gasteiger partial charge >= 0.3 is 0 Å². The Balaban J connectivity index is 2.29. The Kier molecular flexibility index (Phi) is 6.35. The van der Waals surface area contributed by atoms with Gasteiger partial charge in [0.15, 0.2) is 17.5 Å². The van der Waals surface area contributed by atoms with Crippen molar-refractivity contribution in [3.05, 3.63) is 35.6 Å². The molecule has 4 nitrogen and oxygen atoms in total. The number of amidine groups is 2. The number of rotatable bonds is 2. The number of halogens is 6. The number of alkyl halides is 6. The van der Waals surface area contributed by atoms with Crippen molar-refractivity contribution in [3.8, 4) is 0 Å². The van der Waals surface area contributed by atoms with Crippen LogP contribution in [0.15, 0.2) is 38.6 Å². The first kappa shape index (κ1) is 21.2. The number of nitrogens with zero attached hydrogens (tertiary/aromatic N) is 2. The van der Waals surface area contributed by atoms with E-state index in [4.69, 9.17) is 74.0 Å². The Morgan fingerprint density at radius 3 is 1.92 bits per heavy atom. The first-order valence-corrected chi connectivity index (χ1v) is 9.40. The molecule has 0 aromatic carbocycles. The molecule has 1 aromatic heterocycles. The third kappa shape index (κ3) is 5.95. The first-order valence-electron chi connectivity index (χ1n) is 7.13. The van der Waals surface area contributed by atoms with Crippen molar-refractivity contribution in [2.24, 2.45) is 9.98 Å². The maximum absolute atomic E-state index is 5.87. The Hall–Kier alpha value is -0.100. The molecule has 1 N–H and O–H groups in total. The number of furan rings is 1. The summed E-state index contributed by atoms with van der Waals surface area (Å²) in [6, 6.07) is 1.97. The summed E-state index contributed by atoms with van der Waals surface area (Å²) in [5.74, 6) is 0.979. The molecule has 0 saturated heterocycles. The fourth-order valence-electron chi connectivity index (χ4n) is 1.85. The lowest BCUT2D eigenvalue weighted by Gasteiger charge is -2.24. The topological polar surface area (TPSA) is 49.9 Å². The molecule has 25 heavy (non-hydrogen) atoms. The van der Waals surface area contributed by atoms with E-state index in [-0.39, 0.29) is 22.9 Å². The highest BCUT2D eigenvalue weighted by Gasteiger charge is 2.37. The highest BCUT2D eigenvalue weighted by Crippen LogP contribution is 2.33. The molecule has 0 unspecified atom stereocenters. The predicted octanol–water partition coefficient (Wildman–Crippen LogP) is 6.10. The highest BCUT2D eigenvalue weighted by molar-refractivity contribution is 6.79. The molecule has 10 heteroatoms. The van der Waals surface area contributed by atoms with Gasteiger partial charge in [0.1, 0.15) is 5.76 Å². The van der Waals surface area contributed by atoms with E-state index in [0.29, 0.717) is 6.42 Å². The Morgan fingerprint density at radius 1 is 1.00 bits per heavy atom. The van der Waals surface area contributed by atoms with Crippen molar-refractivity contribution in [3.63, 3.8) is 0 Å². The monoisotopic (exact) mass is 463 g/mol. The minimum absolute atomic E-state index is 0.00472. The van der Waals surface area contributed by atoms with Gasteiger partial charge < -0.3 is 9.73 Å². The van der Waals surface area contributed by atoms with E-state index < -0.39 is 7.59 Å². The molecule has 1 aliphatic heterocycles. The molecule has 1 aliphatic rings. The van der Waals surface area contributed by atoms with Gasteiger partial charge in [-0.3, -0.25) is 0 Å². The van der Waals surface area contributed by atoms with Gasteiger partial charge in [0.05, 0.1) is 6.26 Å². The third-order valence-electron chi connectivity index (χ3n) is 3.23. The number of nitrogens with one attached hydrogen (secondary N) is 1. The lowest BCUT2D eigenvalue weighted by molar-refractivity contribution is 0.508. The average Bonchev–Trinajstić information content (AvgIpc) is 2.92. The predicted molar refractivity (Wildman–Crippen MR) is 108 cm³/mol. The van der Waals surface area contributed by atoms with Crippen molar-refractivity contribution < 1.29 is 4.42 Å². The van der Waals surface area contributed by atoms with E-state index in [0.717, 1.165) is 11.3 Å². The Morgan fingerprint density at radius 2 is 1.52 bits per heavy atom. The average molecular weight is 466 g/mol. The zero-order chi connectivity index (χ0) is 19.0. The minimum atomic E-state index is -1.82. The van der Waals surface area contributed by atoms with Gasteiger partial charge in [-0.05, 0) is 23.1 Å². The summed E-state index contributed by atoms with van der Waals surface area (Å²) in [5.41, 5.74) is 1.08. The van der Waals surface area contributed by atoms with Gasteiger partial charge in [-0.15, -0.1) is 0 Å². The van der Waals surface area contributed by atoms with Crippen LogP contribution in [0.1, 0.15) is 32.1 Å². The Bertz CT molecular complexity index is 700. The summed E-state index contributed by atoms with van der Waals surface area (Å²) >= 11 is 35.2. The summed E-state index contributed by atoms with van der Waals surface area (Å²) in [6.45, 7) is 6.30. The molecule has 0 fully saturated rings. The van der Waals surface area contributed by atoms with Gasteiger partial charge in [0.2, 0.25) is 7.59 Å². The van der Waals surface area contributed by atoms with Crippen LogP contribution in [0.25, 0.3) is 0 Å². The van der Waals surface area contributed by atoms with Gasteiger partial charge in [-0.25, -0.2) is 9.98 Å². The van der Waals surface area contributed by atoms with E-state index in [1.807, 2.05) is 6.07 Å². The number of allylic oxidation sites excluding steroid dienone is 1. The normalized spacial score (nSPS) is 16.3. The van der Waals surface area contributed by atoms with E-state index >= 15 is 0 Å². The molecule has 0 saturated carbocycles. The maximum Gasteiger partial charge on any atom is 0.248 e. The van der Waals surface area contributed by atoms with Crippen LogP contribution in [0.4, 0.5) is 0 Å². The molecule has 1 aromatic rings. The SMILES string of the molecule is CC(C)(C)c1coc(CC=C2N=C(C(Cl)(Cl)Cl)NC(C(Cl)(Cl)Cl)=N2)c1. The molecule has 0 radical (unpaired) electrons. The first-order chi connectivity index (χ1) is 11.3. The van der Waals surface area contributed by atoms with Gasteiger partial charge in [0.25, 0.3) is 0 Å². The van der Waals surface area contributed by atoms with Crippen LogP contribution >= 0.6 is 69.6 Å². The van der Waals surface area contributed by atoms with Gasteiger partial charge in [0, 0.05) is 6.42 Å². The lowest BCUT2D eigenvalue weighted by atomic mass is 9.89. The summed E-state index contributed by atoms with van der Waals surface area (Å²) in [4.78, 5) is 8.31. The second-order valence-electron chi connectivity index (χ2n) is 6.36. The fraction of sp³-hybridized carbons (Fsp3) is 0.467. The zero-order valence-electron chi connectivity index (χ0n) is 13.5. The van der Waals surface area contributed by atoms with Crippen LogP contribution in [-0.4, -0.2) is 19.3 Å². The van der Waals surface area contributed by atoms with Gasteiger partial charge in [-0.1, -0.05) is 90.4 Å². The summed E-state index contributed by atoms with van der Waals surface area (Å²) in [6.07, 6.45) is 3.85. The molecule has 138 valence electrons. The summed E-state index contributed by atoms with van der Waals surface area (Å²) < 4.78 is 1.92. The van der Waals surface area contributed by atoms with Crippen molar-refractivity contribution in [2.45, 2.75) is 40.2 Å². The van der Waals surface area contributed by atoms with E-state index in [2.05, 4.69) is 36.1 Å². The van der Waals surface area contributed by atoms with Crippen LogP contribution in [0.3, 0.4) is 0 Å². The maximum atomic E-state index is 5.87. The molecular formula is C15H15Cl6N3O. The van der Waals surface area contributed by atoms with Crippen LogP contribution in [0.2, 0.25) is 0 Å². The lowest BCUT2D eigenvalue weighted by Crippen LogP contribution is -2.46. The van der Waals surface area contributed by atoms with E-state index in [1.165, 1.54) is 0 Å². The second-order valence-corrected chi connectivity index (χ2v) is 10.9. The molecule has 0 amide bonds. The van der Waals surface area contributed by atoms with Crippen molar-refractivity contribution in [1.29, 1.82) is 0 Å². The highest BCUT2D eigenvalue weighted by atomic mass is 35.6. The van der Waals surface area contributed by atoms with E-state index in [1.54, 1.807) is 12.3 Å². The van der Waals surface area contributed by atoms with Gasteiger partial charge in [-0.2, -0.15) is 0 Å². The second kappa shape index (κ2) is 7.49. The zero-order valence-corrected chi connectivity index (χ0v) is 18.0. The van der Waals surface area contributed by atoms with Crippen molar-refractivity contribution in [2.75, 3.05) is 0 Å². The number of aliphatic imine (C=N–C) groups is 2. The van der Waals surface area contributed by atoms with Crippen molar-refractivity contribution >= 4 is 81.3 Å². The smallest absolute Gasteiger partial charge is 0.248 e. The molecule has 2 heterocycles. The molecule has 2 rings (SSSR count). The molecular weight excluding hydrogens is 451 g/mol. The molecule has 0 aliphatic carbocycles. The van der Waals surface area contributed by atoms with Crippen molar-refractivity contribution in [1.82, 2.24) is 5.32 Å². The molecule has 0 spiro atoms. The largest absolute Gasteiger partial charge is 0.469 e. The standard InChI is InChI=1S/C15H15Cl6N3O/c1-13(2,3)8-6-9(25-7-8)4-5-10-22-11(14(16,17)18)24-12(23-10)15(19,20)21/h5-7H,4H2,1-3H3,(H,22,23,24). The molecule has 0 atom stereocenters. The van der Waals surface area contributed by atoms with Crippen LogP contribution < -0.4 is 5.32 Å². The molecule has 0 bridgehead atoms.